The highest BCUT2D eigenvalue weighted by Gasteiger charge is 2.15. The summed E-state index contributed by atoms with van der Waals surface area (Å²) in [5.74, 6) is 0. The summed E-state index contributed by atoms with van der Waals surface area (Å²) < 4.78 is 0. The maximum Gasteiger partial charge on any atom is 0.0612 e. The lowest BCUT2D eigenvalue weighted by molar-refractivity contribution is 0.350. The van der Waals surface area contributed by atoms with Crippen LogP contribution >= 0.6 is 0 Å². The number of nitrogens with one attached hydrogen (secondary N) is 2. The van der Waals surface area contributed by atoms with Crippen molar-refractivity contribution in [3.05, 3.63) is 71.8 Å². The minimum Gasteiger partial charge on any atom is -0.293 e. The SMILES string of the molecule is C(=C(c1ccccc1)N1CCNN1)c1ccccc1. The topological polar surface area (TPSA) is 27.3 Å². The monoisotopic (exact) mass is 251 g/mol. The van der Waals surface area contributed by atoms with Crippen molar-refractivity contribution >= 4 is 11.8 Å². The molecule has 3 heteroatoms. The third kappa shape index (κ3) is 2.84. The van der Waals surface area contributed by atoms with Crippen LogP contribution in [-0.4, -0.2) is 18.1 Å². The summed E-state index contributed by atoms with van der Waals surface area (Å²) in [6, 6.07) is 20.8. The number of hydrazine groups is 2. The average Bonchev–Trinajstić information content (AvgIpc) is 3.01. The van der Waals surface area contributed by atoms with E-state index < -0.39 is 0 Å². The highest BCUT2D eigenvalue weighted by molar-refractivity contribution is 5.80. The molecule has 1 fully saturated rings. The molecule has 3 nitrogen and oxygen atoms in total. The Morgan fingerprint density at radius 3 is 2.26 bits per heavy atom. The van der Waals surface area contributed by atoms with Gasteiger partial charge in [0.2, 0.25) is 0 Å². The molecule has 3 rings (SSSR count). The molecule has 19 heavy (non-hydrogen) atoms. The maximum absolute atomic E-state index is 3.19. The predicted octanol–water partition coefficient (Wildman–Crippen LogP) is 2.51. The van der Waals surface area contributed by atoms with Gasteiger partial charge in [0.25, 0.3) is 0 Å². The fraction of sp³-hybridized carbons (Fsp3) is 0.125. The van der Waals surface area contributed by atoms with Gasteiger partial charge in [-0.25, -0.2) is 5.43 Å². The Hall–Kier alpha value is -2.10. The highest BCUT2D eigenvalue weighted by atomic mass is 15.7. The van der Waals surface area contributed by atoms with Gasteiger partial charge < -0.3 is 0 Å². The first kappa shape index (κ1) is 12.0. The van der Waals surface area contributed by atoms with Crippen molar-refractivity contribution in [3.63, 3.8) is 0 Å². The van der Waals surface area contributed by atoms with Gasteiger partial charge in [-0.3, -0.25) is 5.01 Å². The molecule has 0 saturated carbocycles. The van der Waals surface area contributed by atoms with E-state index in [1.807, 2.05) is 12.1 Å². The molecule has 0 atom stereocenters. The number of nitrogens with zero attached hydrogens (tertiary/aromatic N) is 1. The number of benzene rings is 2. The molecule has 2 aromatic rings. The number of rotatable bonds is 3. The first-order valence-corrected chi connectivity index (χ1v) is 6.52. The van der Waals surface area contributed by atoms with Crippen molar-refractivity contribution in [3.8, 4) is 0 Å². The Kier molecular flexibility index (Phi) is 3.58. The molecule has 0 aliphatic carbocycles. The zero-order valence-corrected chi connectivity index (χ0v) is 10.7. The van der Waals surface area contributed by atoms with Crippen molar-refractivity contribution in [1.29, 1.82) is 0 Å². The zero-order valence-electron chi connectivity index (χ0n) is 10.7. The predicted molar refractivity (Wildman–Crippen MR) is 78.6 cm³/mol. The van der Waals surface area contributed by atoms with Crippen molar-refractivity contribution in [2.24, 2.45) is 0 Å². The largest absolute Gasteiger partial charge is 0.293 e. The fourth-order valence-electron chi connectivity index (χ4n) is 2.19. The third-order valence-electron chi connectivity index (χ3n) is 3.14. The molecule has 0 aromatic heterocycles. The molecule has 1 saturated heterocycles. The molecule has 1 aliphatic heterocycles. The van der Waals surface area contributed by atoms with Gasteiger partial charge in [0.05, 0.1) is 5.70 Å². The molecule has 0 radical (unpaired) electrons. The molecule has 0 spiro atoms. The Morgan fingerprint density at radius 1 is 0.947 bits per heavy atom. The standard InChI is InChI=1S/C16H17N3/c1-3-7-14(8-4-1)13-16(19-12-11-17-18-19)15-9-5-2-6-10-15/h1-10,13,17-18H,11-12H2. The van der Waals surface area contributed by atoms with Gasteiger partial charge in [-0.05, 0) is 17.2 Å². The summed E-state index contributed by atoms with van der Waals surface area (Å²) in [6.07, 6.45) is 2.20. The summed E-state index contributed by atoms with van der Waals surface area (Å²) in [5, 5.41) is 2.14. The van der Waals surface area contributed by atoms with Gasteiger partial charge in [-0.2, -0.15) is 5.53 Å². The van der Waals surface area contributed by atoms with Gasteiger partial charge in [0, 0.05) is 13.1 Å². The van der Waals surface area contributed by atoms with Gasteiger partial charge in [0.15, 0.2) is 0 Å². The van der Waals surface area contributed by atoms with Crippen LogP contribution in [0.15, 0.2) is 60.7 Å². The van der Waals surface area contributed by atoms with Crippen LogP contribution in [0.3, 0.4) is 0 Å². The van der Waals surface area contributed by atoms with E-state index in [0.717, 1.165) is 13.1 Å². The summed E-state index contributed by atoms with van der Waals surface area (Å²) in [5.41, 5.74) is 9.93. The van der Waals surface area contributed by atoms with Crippen LogP contribution in [0.4, 0.5) is 0 Å². The van der Waals surface area contributed by atoms with E-state index in [9.17, 15) is 0 Å². The van der Waals surface area contributed by atoms with Gasteiger partial charge >= 0.3 is 0 Å². The number of hydrogen-bond donors (Lipinski definition) is 2. The van der Waals surface area contributed by atoms with Crippen LogP contribution in [0.2, 0.25) is 0 Å². The van der Waals surface area contributed by atoms with Crippen molar-refractivity contribution < 1.29 is 0 Å². The van der Waals surface area contributed by atoms with Crippen LogP contribution in [-0.2, 0) is 0 Å². The Labute approximate surface area is 113 Å². The summed E-state index contributed by atoms with van der Waals surface area (Å²) in [6.45, 7) is 1.90. The minimum absolute atomic E-state index is 0.943. The number of hydrogen-bond acceptors (Lipinski definition) is 3. The highest BCUT2D eigenvalue weighted by Crippen LogP contribution is 2.21. The molecule has 0 unspecified atom stereocenters. The molecular formula is C16H17N3. The third-order valence-corrected chi connectivity index (χ3v) is 3.14. The Morgan fingerprint density at radius 2 is 1.63 bits per heavy atom. The van der Waals surface area contributed by atoms with Crippen LogP contribution in [0.25, 0.3) is 11.8 Å². The summed E-state index contributed by atoms with van der Waals surface area (Å²) in [4.78, 5) is 0. The van der Waals surface area contributed by atoms with E-state index in [2.05, 4.69) is 70.6 Å². The van der Waals surface area contributed by atoms with E-state index in [1.54, 1.807) is 0 Å². The molecule has 1 aliphatic rings. The molecule has 1 heterocycles. The average molecular weight is 251 g/mol. The van der Waals surface area contributed by atoms with Gasteiger partial charge in [0.1, 0.15) is 0 Å². The van der Waals surface area contributed by atoms with E-state index in [1.165, 1.54) is 16.8 Å². The lowest BCUT2D eigenvalue weighted by Gasteiger charge is -2.21. The molecule has 2 N–H and O–H groups in total. The van der Waals surface area contributed by atoms with Crippen LogP contribution < -0.4 is 11.0 Å². The Bertz CT molecular complexity index is 543. The van der Waals surface area contributed by atoms with Crippen LogP contribution in [0.1, 0.15) is 11.1 Å². The van der Waals surface area contributed by atoms with Crippen molar-refractivity contribution in [2.45, 2.75) is 0 Å². The van der Waals surface area contributed by atoms with E-state index in [0.29, 0.717) is 0 Å². The molecular weight excluding hydrogens is 234 g/mol. The quantitative estimate of drug-likeness (QED) is 0.821. The minimum atomic E-state index is 0.943. The van der Waals surface area contributed by atoms with E-state index in [4.69, 9.17) is 0 Å². The van der Waals surface area contributed by atoms with Crippen molar-refractivity contribution in [1.82, 2.24) is 16.0 Å². The first-order valence-electron chi connectivity index (χ1n) is 6.52. The summed E-state index contributed by atoms with van der Waals surface area (Å²) in [7, 11) is 0. The first-order chi connectivity index (χ1) is 9.43. The summed E-state index contributed by atoms with van der Waals surface area (Å²) >= 11 is 0. The second kappa shape index (κ2) is 5.69. The van der Waals surface area contributed by atoms with Gasteiger partial charge in [-0.15, -0.1) is 0 Å². The second-order valence-electron chi connectivity index (χ2n) is 4.50. The second-order valence-corrected chi connectivity index (χ2v) is 4.50. The smallest absolute Gasteiger partial charge is 0.0612 e. The molecule has 2 aromatic carbocycles. The van der Waals surface area contributed by atoms with Gasteiger partial charge in [-0.1, -0.05) is 60.7 Å². The van der Waals surface area contributed by atoms with E-state index in [-0.39, 0.29) is 0 Å². The Balaban J connectivity index is 1.99. The lowest BCUT2D eigenvalue weighted by atomic mass is 10.1. The van der Waals surface area contributed by atoms with Crippen molar-refractivity contribution in [2.75, 3.05) is 13.1 Å². The van der Waals surface area contributed by atoms with E-state index >= 15 is 0 Å². The maximum atomic E-state index is 3.19. The molecule has 96 valence electrons. The normalized spacial score (nSPS) is 15.8. The zero-order chi connectivity index (χ0) is 12.9. The van der Waals surface area contributed by atoms with Crippen LogP contribution in [0, 0.1) is 0 Å². The lowest BCUT2D eigenvalue weighted by Crippen LogP contribution is -2.34. The molecule has 0 amide bonds. The van der Waals surface area contributed by atoms with Crippen LogP contribution in [0.5, 0.6) is 0 Å². The fourth-order valence-corrected chi connectivity index (χ4v) is 2.19. The molecule has 0 bridgehead atoms.